The second-order valence-corrected chi connectivity index (χ2v) is 17.1. The summed E-state index contributed by atoms with van der Waals surface area (Å²) >= 11 is 0. The maximum absolute atomic E-state index is 11.4. The molecule has 0 aliphatic carbocycles. The molecular formula is C52H62N4O2. The van der Waals surface area contributed by atoms with Gasteiger partial charge in [0, 0.05) is 43.2 Å². The van der Waals surface area contributed by atoms with Gasteiger partial charge in [0.2, 0.25) is 0 Å². The number of benzene rings is 5. The van der Waals surface area contributed by atoms with Gasteiger partial charge in [-0.1, -0.05) is 141 Å². The van der Waals surface area contributed by atoms with Crippen molar-refractivity contribution in [2.75, 3.05) is 26.2 Å². The molecule has 6 heteroatoms. The van der Waals surface area contributed by atoms with Gasteiger partial charge >= 0.3 is 5.97 Å². The molecule has 0 radical (unpaired) electrons. The third kappa shape index (κ3) is 9.48. The van der Waals surface area contributed by atoms with Gasteiger partial charge < -0.3 is 15.7 Å². The van der Waals surface area contributed by atoms with Crippen molar-refractivity contribution >= 4 is 5.97 Å². The number of nitrogens with zero attached hydrogens (tertiary/aromatic N) is 2. The summed E-state index contributed by atoms with van der Waals surface area (Å²) in [5.74, 6) is 0.816. The number of aryl methyl sites for hydroxylation is 1. The Balaban J connectivity index is 0.000000165. The number of fused-ring (bicyclic) bond motifs is 6. The summed E-state index contributed by atoms with van der Waals surface area (Å²) in [5, 5.41) is 17.3. The molecule has 3 N–H and O–H groups in total. The summed E-state index contributed by atoms with van der Waals surface area (Å²) in [6.45, 7) is 8.98. The van der Waals surface area contributed by atoms with E-state index in [9.17, 15) is 9.90 Å². The molecule has 5 aromatic rings. The van der Waals surface area contributed by atoms with Crippen molar-refractivity contribution in [2.45, 2.75) is 95.0 Å². The van der Waals surface area contributed by atoms with E-state index in [1.54, 1.807) is 23.3 Å². The Bertz CT molecular complexity index is 2010. The van der Waals surface area contributed by atoms with Crippen LogP contribution >= 0.6 is 0 Å². The minimum atomic E-state index is -0.879. The summed E-state index contributed by atoms with van der Waals surface area (Å²) in [6.07, 6.45) is 8.82. The summed E-state index contributed by atoms with van der Waals surface area (Å²) in [7, 11) is 0. The minimum Gasteiger partial charge on any atom is -0.478 e. The number of rotatable bonds is 14. The van der Waals surface area contributed by atoms with Gasteiger partial charge in [-0.15, -0.1) is 0 Å². The van der Waals surface area contributed by atoms with Crippen LogP contribution in [0.4, 0.5) is 0 Å². The molecule has 4 bridgehead atoms. The van der Waals surface area contributed by atoms with Crippen LogP contribution in [0.2, 0.25) is 0 Å². The lowest BCUT2D eigenvalue weighted by atomic mass is 9.70. The van der Waals surface area contributed by atoms with E-state index in [4.69, 9.17) is 0 Å². The Morgan fingerprint density at radius 1 is 0.603 bits per heavy atom. The number of carbonyl (C=O) groups is 1. The molecule has 6 saturated heterocycles. The van der Waals surface area contributed by atoms with Gasteiger partial charge in [-0.2, -0.15) is 0 Å². The van der Waals surface area contributed by atoms with Crippen molar-refractivity contribution in [3.63, 3.8) is 0 Å². The molecule has 58 heavy (non-hydrogen) atoms. The fraction of sp³-hybridized carbons (Fsp3) is 0.404. The molecule has 0 aromatic heterocycles. The minimum absolute atomic E-state index is 0.190. The highest BCUT2D eigenvalue weighted by atomic mass is 16.4. The van der Waals surface area contributed by atoms with Crippen molar-refractivity contribution < 1.29 is 9.90 Å². The topological polar surface area (TPSA) is 67.8 Å². The number of carboxylic acids is 1. The molecule has 11 rings (SSSR count). The highest BCUT2D eigenvalue weighted by Crippen LogP contribution is 2.42. The van der Waals surface area contributed by atoms with Gasteiger partial charge in [-0.25, -0.2) is 4.79 Å². The lowest BCUT2D eigenvalue weighted by molar-refractivity contribution is 0.00468. The molecule has 0 amide bonds. The summed E-state index contributed by atoms with van der Waals surface area (Å²) in [4.78, 5) is 16.8. The average molecular weight is 775 g/mol. The fourth-order valence-corrected chi connectivity index (χ4v) is 10.7. The molecule has 6 aliphatic heterocycles. The van der Waals surface area contributed by atoms with Crippen LogP contribution in [0.5, 0.6) is 0 Å². The molecule has 0 spiro atoms. The summed E-state index contributed by atoms with van der Waals surface area (Å²) in [5.41, 5.74) is 8.64. The van der Waals surface area contributed by atoms with Crippen molar-refractivity contribution in [2.24, 2.45) is 11.8 Å². The first kappa shape index (κ1) is 40.2. The normalized spacial score (nSPS) is 26.4. The van der Waals surface area contributed by atoms with E-state index >= 15 is 0 Å². The van der Waals surface area contributed by atoms with Crippen molar-refractivity contribution in [3.05, 3.63) is 178 Å². The van der Waals surface area contributed by atoms with E-state index in [0.717, 1.165) is 32.1 Å². The van der Waals surface area contributed by atoms with E-state index in [2.05, 4.69) is 143 Å². The van der Waals surface area contributed by atoms with Gasteiger partial charge in [0.05, 0.1) is 5.56 Å². The van der Waals surface area contributed by atoms with Crippen molar-refractivity contribution in [1.82, 2.24) is 20.4 Å². The van der Waals surface area contributed by atoms with Crippen LogP contribution < -0.4 is 10.6 Å². The summed E-state index contributed by atoms with van der Waals surface area (Å²) < 4.78 is 0. The van der Waals surface area contributed by atoms with Crippen LogP contribution in [0.1, 0.15) is 88.7 Å². The maximum Gasteiger partial charge on any atom is 0.335 e. The van der Waals surface area contributed by atoms with Crippen LogP contribution in [0.3, 0.4) is 0 Å². The number of carboxylic acid groups (broad SMARTS) is 1. The maximum atomic E-state index is 11.4. The highest BCUT2D eigenvalue weighted by Gasteiger charge is 2.46. The van der Waals surface area contributed by atoms with Crippen LogP contribution in [-0.2, 0) is 25.9 Å². The smallest absolute Gasteiger partial charge is 0.335 e. The number of hydrogen-bond acceptors (Lipinski definition) is 5. The third-order valence-corrected chi connectivity index (χ3v) is 13.7. The zero-order valence-electron chi connectivity index (χ0n) is 34.3. The Morgan fingerprint density at radius 3 is 1.66 bits per heavy atom. The second kappa shape index (κ2) is 19.4. The van der Waals surface area contributed by atoms with E-state index in [0.29, 0.717) is 35.6 Å². The highest BCUT2D eigenvalue weighted by molar-refractivity contribution is 5.87. The van der Waals surface area contributed by atoms with Gasteiger partial charge in [-0.3, -0.25) is 9.80 Å². The molecule has 6 nitrogen and oxygen atoms in total. The first-order valence-electron chi connectivity index (χ1n) is 22.0. The first-order valence-corrected chi connectivity index (χ1v) is 22.0. The molecule has 5 aromatic carbocycles. The van der Waals surface area contributed by atoms with Gasteiger partial charge in [-0.05, 0) is 122 Å². The number of aromatic carboxylic acids is 1. The van der Waals surface area contributed by atoms with E-state index in [-0.39, 0.29) is 5.92 Å². The first-order chi connectivity index (χ1) is 28.6. The molecule has 6 fully saturated rings. The molecule has 6 aliphatic rings. The van der Waals surface area contributed by atoms with Crippen molar-refractivity contribution in [3.8, 4) is 0 Å². The van der Waals surface area contributed by atoms with E-state index in [1.165, 1.54) is 80.3 Å². The molecule has 5 unspecified atom stereocenters. The standard InChI is InChI=1S/C28H30N2O2.C24H32N2/c31-28(32)24-13-11-22(12-14-24)25(21-9-5-2-6-10-21)27-26(23-15-17-30(27)18-16-23)29-19-20-7-3-1-4-8-20;1-2-8-20-11-6-7-12-22(20)17-23-24(21-13-15-26(23)16-14-21)25-18-19-9-4-3-5-10-19/h1-14,23,25-27,29H,15-19H2,(H,31,32);3-7,9-12,21,23-25H,2,8,13-18H2,1H3. The van der Waals surface area contributed by atoms with Crippen LogP contribution in [0, 0.1) is 11.8 Å². The van der Waals surface area contributed by atoms with Crippen molar-refractivity contribution in [1.29, 1.82) is 0 Å². The third-order valence-electron chi connectivity index (χ3n) is 13.7. The van der Waals surface area contributed by atoms with E-state index < -0.39 is 5.97 Å². The molecule has 6 heterocycles. The SMILES string of the molecule is CCCc1ccccc1CC1C(NCc2ccccc2)C2CCN1CC2.O=C(O)c1ccc(C(c2ccccc2)C2C(NCc3ccccc3)C3CCN2CC3)cc1. The number of nitrogens with one attached hydrogen (secondary N) is 2. The molecule has 5 atom stereocenters. The molecule has 302 valence electrons. The molecular weight excluding hydrogens is 713 g/mol. The lowest BCUT2D eigenvalue weighted by Crippen LogP contribution is -2.64. The fourth-order valence-electron chi connectivity index (χ4n) is 10.7. The predicted molar refractivity (Wildman–Crippen MR) is 236 cm³/mol. The predicted octanol–water partition coefficient (Wildman–Crippen LogP) is 9.20. The second-order valence-electron chi connectivity index (χ2n) is 17.1. The average Bonchev–Trinajstić information content (AvgIpc) is 3.28. The Hall–Kier alpha value is -4.59. The zero-order chi connectivity index (χ0) is 39.7. The van der Waals surface area contributed by atoms with Gasteiger partial charge in [0.25, 0.3) is 0 Å². The monoisotopic (exact) mass is 774 g/mol. The zero-order valence-corrected chi connectivity index (χ0v) is 34.3. The Labute approximate surface area is 346 Å². The lowest BCUT2D eigenvalue weighted by Gasteiger charge is -2.54. The Morgan fingerprint density at radius 2 is 1.09 bits per heavy atom. The van der Waals surface area contributed by atoms with Crippen LogP contribution in [0.25, 0.3) is 0 Å². The van der Waals surface area contributed by atoms with Crippen LogP contribution in [0.15, 0.2) is 140 Å². The Kier molecular flexibility index (Phi) is 13.5. The number of hydrogen-bond donors (Lipinski definition) is 3. The van der Waals surface area contributed by atoms with E-state index in [1.807, 2.05) is 12.1 Å². The summed E-state index contributed by atoms with van der Waals surface area (Å²) in [6, 6.07) is 50.8. The quantitative estimate of drug-likeness (QED) is 0.105. The van der Waals surface area contributed by atoms with Crippen LogP contribution in [-0.4, -0.2) is 71.2 Å². The largest absolute Gasteiger partial charge is 0.478 e. The number of piperidine rings is 6. The molecule has 0 saturated carbocycles. The van der Waals surface area contributed by atoms with Gasteiger partial charge in [0.15, 0.2) is 0 Å². The van der Waals surface area contributed by atoms with Gasteiger partial charge in [0.1, 0.15) is 0 Å².